The van der Waals surface area contributed by atoms with Crippen molar-refractivity contribution in [2.75, 3.05) is 6.54 Å². The summed E-state index contributed by atoms with van der Waals surface area (Å²) in [4.78, 5) is 21.0. The summed E-state index contributed by atoms with van der Waals surface area (Å²) in [5.74, 6) is 0.557. The van der Waals surface area contributed by atoms with Crippen LogP contribution in [-0.4, -0.2) is 35.2 Å². The van der Waals surface area contributed by atoms with Crippen LogP contribution in [0.15, 0.2) is 17.3 Å². The maximum Gasteiger partial charge on any atom is 0.267 e. The quantitative estimate of drug-likeness (QED) is 0.852. The minimum Gasteiger partial charge on any atom is -0.382 e. The Bertz CT molecular complexity index is 570. The fourth-order valence-electron chi connectivity index (χ4n) is 3.07. The molecule has 0 bridgehead atoms. The summed E-state index contributed by atoms with van der Waals surface area (Å²) in [5.41, 5.74) is 0.825. The van der Waals surface area contributed by atoms with Gasteiger partial charge in [-0.3, -0.25) is 4.79 Å². The number of hydrogen-bond acceptors (Lipinski definition) is 4. The lowest BCUT2D eigenvalue weighted by atomic mass is 10.0. The number of oxime groups is 1. The first kappa shape index (κ1) is 14.9. The van der Waals surface area contributed by atoms with Gasteiger partial charge in [-0.1, -0.05) is 30.6 Å². The number of amides is 1. The molecule has 6 heteroatoms. The van der Waals surface area contributed by atoms with Crippen molar-refractivity contribution in [2.45, 2.75) is 45.3 Å². The Kier molecular flexibility index (Phi) is 4.22. The van der Waals surface area contributed by atoms with Crippen molar-refractivity contribution in [1.82, 2.24) is 4.90 Å². The fraction of sp³-hybridized carbons (Fsp3) is 0.600. The molecule has 0 aromatic carbocycles. The summed E-state index contributed by atoms with van der Waals surface area (Å²) in [7, 11) is 0. The van der Waals surface area contributed by atoms with E-state index in [4.69, 9.17) is 16.4 Å². The molecule has 1 aromatic rings. The van der Waals surface area contributed by atoms with Gasteiger partial charge in [-0.05, 0) is 30.9 Å². The lowest BCUT2D eigenvalue weighted by molar-refractivity contribution is -0.143. The molecular formula is C15H19ClN2O2S. The largest absolute Gasteiger partial charge is 0.382 e. The van der Waals surface area contributed by atoms with Gasteiger partial charge in [0.2, 0.25) is 6.10 Å². The first-order valence-corrected chi connectivity index (χ1v) is 8.54. The summed E-state index contributed by atoms with van der Waals surface area (Å²) in [6.45, 7) is 5.17. The van der Waals surface area contributed by atoms with E-state index >= 15 is 0 Å². The highest BCUT2D eigenvalue weighted by atomic mass is 35.5. The second kappa shape index (κ2) is 5.97. The van der Waals surface area contributed by atoms with Crippen LogP contribution in [0.25, 0.3) is 0 Å². The minimum atomic E-state index is -0.472. The van der Waals surface area contributed by atoms with Crippen molar-refractivity contribution >= 4 is 34.6 Å². The van der Waals surface area contributed by atoms with Crippen LogP contribution in [0.3, 0.4) is 0 Å². The van der Waals surface area contributed by atoms with Crippen molar-refractivity contribution in [3.8, 4) is 0 Å². The molecule has 3 rings (SSSR count). The highest BCUT2D eigenvalue weighted by Crippen LogP contribution is 2.29. The van der Waals surface area contributed by atoms with Gasteiger partial charge in [0.15, 0.2) is 0 Å². The lowest BCUT2D eigenvalue weighted by Crippen LogP contribution is -2.44. The second-order valence-electron chi connectivity index (χ2n) is 5.93. The van der Waals surface area contributed by atoms with Crippen LogP contribution in [0.2, 0.25) is 4.34 Å². The van der Waals surface area contributed by atoms with Crippen LogP contribution < -0.4 is 0 Å². The average molecular weight is 327 g/mol. The molecule has 0 aliphatic carbocycles. The Morgan fingerprint density at radius 3 is 3.00 bits per heavy atom. The summed E-state index contributed by atoms with van der Waals surface area (Å²) >= 11 is 7.41. The molecule has 0 saturated carbocycles. The predicted molar refractivity (Wildman–Crippen MR) is 84.9 cm³/mol. The lowest BCUT2D eigenvalue weighted by Gasteiger charge is -2.29. The van der Waals surface area contributed by atoms with Crippen LogP contribution >= 0.6 is 22.9 Å². The first-order chi connectivity index (χ1) is 10.1. The maximum absolute atomic E-state index is 12.6. The predicted octanol–water partition coefficient (Wildman–Crippen LogP) is 3.54. The number of carbonyl (C=O) groups excluding carboxylic acids is 1. The van der Waals surface area contributed by atoms with E-state index in [-0.39, 0.29) is 5.91 Å². The molecule has 0 radical (unpaired) electrons. The SMILES string of the molecule is CC(C)[C@@H]1CCCN1C(=O)[C@@H]1CC(c2ccc(Cl)s2)=NO1. The van der Waals surface area contributed by atoms with Crippen LogP contribution in [0, 0.1) is 5.92 Å². The molecule has 1 amide bonds. The van der Waals surface area contributed by atoms with Gasteiger partial charge < -0.3 is 9.74 Å². The van der Waals surface area contributed by atoms with Crippen molar-refractivity contribution in [3.63, 3.8) is 0 Å². The topological polar surface area (TPSA) is 41.9 Å². The van der Waals surface area contributed by atoms with Crippen molar-refractivity contribution in [2.24, 2.45) is 11.1 Å². The molecule has 2 aliphatic rings. The summed E-state index contributed by atoms with van der Waals surface area (Å²) in [6.07, 6.45) is 2.23. The van der Waals surface area contributed by atoms with Gasteiger partial charge in [0, 0.05) is 19.0 Å². The monoisotopic (exact) mass is 326 g/mol. The van der Waals surface area contributed by atoms with Gasteiger partial charge in [-0.15, -0.1) is 11.3 Å². The Labute approximate surface area is 133 Å². The fourth-order valence-corrected chi connectivity index (χ4v) is 4.10. The van der Waals surface area contributed by atoms with Crippen molar-refractivity contribution < 1.29 is 9.63 Å². The number of carbonyl (C=O) groups is 1. The summed E-state index contributed by atoms with van der Waals surface area (Å²) in [6, 6.07) is 4.10. The molecule has 0 N–H and O–H groups in total. The Balaban J connectivity index is 1.66. The van der Waals surface area contributed by atoms with E-state index in [9.17, 15) is 4.79 Å². The zero-order valence-corrected chi connectivity index (χ0v) is 13.8. The zero-order valence-electron chi connectivity index (χ0n) is 12.2. The Morgan fingerprint density at radius 2 is 2.33 bits per heavy atom. The van der Waals surface area contributed by atoms with Gasteiger partial charge in [-0.25, -0.2) is 0 Å². The van der Waals surface area contributed by atoms with E-state index < -0.39 is 6.10 Å². The van der Waals surface area contributed by atoms with E-state index in [2.05, 4.69) is 19.0 Å². The van der Waals surface area contributed by atoms with E-state index in [1.807, 2.05) is 17.0 Å². The molecule has 1 saturated heterocycles. The molecule has 114 valence electrons. The number of likely N-dealkylation sites (tertiary alicyclic amines) is 1. The highest BCUT2D eigenvalue weighted by Gasteiger charge is 2.38. The maximum atomic E-state index is 12.6. The van der Waals surface area contributed by atoms with E-state index in [1.165, 1.54) is 11.3 Å². The molecule has 0 spiro atoms. The number of hydrogen-bond donors (Lipinski definition) is 0. The number of thiophene rings is 1. The molecule has 1 fully saturated rings. The van der Waals surface area contributed by atoms with Gasteiger partial charge in [0.05, 0.1) is 9.21 Å². The molecule has 2 aliphatic heterocycles. The number of nitrogens with zero attached hydrogens (tertiary/aromatic N) is 2. The van der Waals surface area contributed by atoms with Crippen molar-refractivity contribution in [1.29, 1.82) is 0 Å². The van der Waals surface area contributed by atoms with Crippen LogP contribution in [0.5, 0.6) is 0 Å². The van der Waals surface area contributed by atoms with E-state index in [0.717, 1.165) is 34.3 Å². The highest BCUT2D eigenvalue weighted by molar-refractivity contribution is 7.18. The third kappa shape index (κ3) is 2.94. The first-order valence-electron chi connectivity index (χ1n) is 7.35. The normalized spacial score (nSPS) is 25.3. The smallest absolute Gasteiger partial charge is 0.267 e. The second-order valence-corrected chi connectivity index (χ2v) is 7.64. The summed E-state index contributed by atoms with van der Waals surface area (Å²) in [5, 5.41) is 4.08. The molecule has 4 nitrogen and oxygen atoms in total. The molecule has 21 heavy (non-hydrogen) atoms. The Hall–Kier alpha value is -1.07. The zero-order chi connectivity index (χ0) is 15.0. The van der Waals surface area contributed by atoms with Crippen molar-refractivity contribution in [3.05, 3.63) is 21.3 Å². The third-order valence-electron chi connectivity index (χ3n) is 4.15. The van der Waals surface area contributed by atoms with E-state index in [0.29, 0.717) is 18.4 Å². The van der Waals surface area contributed by atoms with Gasteiger partial charge in [0.25, 0.3) is 5.91 Å². The van der Waals surface area contributed by atoms with Crippen LogP contribution in [0.4, 0.5) is 0 Å². The molecule has 0 unspecified atom stereocenters. The summed E-state index contributed by atoms with van der Waals surface area (Å²) < 4.78 is 0.724. The Morgan fingerprint density at radius 1 is 1.52 bits per heavy atom. The third-order valence-corrected chi connectivity index (χ3v) is 5.43. The van der Waals surface area contributed by atoms with E-state index in [1.54, 1.807) is 0 Å². The standard InChI is InChI=1S/C15H19ClN2O2S/c1-9(2)11-4-3-7-18(11)15(19)12-8-10(17-20-12)13-5-6-14(16)21-13/h5-6,9,11-12H,3-4,7-8H2,1-2H3/t11-,12-/m0/s1. The minimum absolute atomic E-state index is 0.0765. The van der Waals surface area contributed by atoms with Gasteiger partial charge in [0.1, 0.15) is 5.71 Å². The van der Waals surface area contributed by atoms with Crippen LogP contribution in [-0.2, 0) is 9.63 Å². The van der Waals surface area contributed by atoms with Gasteiger partial charge in [-0.2, -0.15) is 0 Å². The number of halogens is 1. The molecule has 2 atom stereocenters. The van der Waals surface area contributed by atoms with Crippen LogP contribution in [0.1, 0.15) is 38.0 Å². The molecule has 1 aromatic heterocycles. The van der Waals surface area contributed by atoms with Gasteiger partial charge >= 0.3 is 0 Å². The average Bonchev–Trinajstić information content (AvgIpc) is 3.17. The molecule has 3 heterocycles. The molecular weight excluding hydrogens is 308 g/mol. The number of rotatable bonds is 3.